The number of fused-ring (bicyclic) bond motifs is 1. The standard InChI is InChI=1S/C16H20N4O7S/c1-7(2)28-5-8(14(23)19-11-9(22)4-25-10(11)3-21)18-13-12-15(26-6-17-12)27-16(24)20-13/h6-8,10-11,21H,3-5H2,1-2H3,(H,19,23)(H,18,20,24). The topological polar surface area (TPSA) is 157 Å². The van der Waals surface area contributed by atoms with Crippen molar-refractivity contribution in [3.8, 4) is 0 Å². The number of Topliss-reactive ketones (excluding diaryl/α,β-unsaturated/α-hetero) is 1. The number of hydrogen-bond donors (Lipinski definition) is 3. The van der Waals surface area contributed by atoms with E-state index in [0.29, 0.717) is 5.75 Å². The van der Waals surface area contributed by atoms with Crippen LogP contribution in [0, 0.1) is 0 Å². The van der Waals surface area contributed by atoms with Crippen LogP contribution in [0.4, 0.5) is 5.82 Å². The number of nitrogens with one attached hydrogen (secondary N) is 2. The second-order valence-corrected chi connectivity index (χ2v) is 7.99. The average molecular weight is 412 g/mol. The molecule has 3 N–H and O–H groups in total. The summed E-state index contributed by atoms with van der Waals surface area (Å²) in [5, 5.41) is 15.0. The van der Waals surface area contributed by atoms with Crippen molar-refractivity contribution in [2.45, 2.75) is 37.3 Å². The van der Waals surface area contributed by atoms with Crippen molar-refractivity contribution in [2.24, 2.45) is 0 Å². The summed E-state index contributed by atoms with van der Waals surface area (Å²) in [6.45, 7) is 3.38. The normalized spacial score (nSPS) is 20.6. The van der Waals surface area contributed by atoms with E-state index < -0.39 is 36.5 Å². The van der Waals surface area contributed by atoms with Crippen LogP contribution in [0.25, 0.3) is 11.3 Å². The Hall–Kier alpha value is -2.44. The van der Waals surface area contributed by atoms with Crippen LogP contribution in [0.2, 0.25) is 0 Å². The summed E-state index contributed by atoms with van der Waals surface area (Å²) >= 11 is 1.50. The number of amides is 1. The predicted octanol–water partition coefficient (Wildman–Crippen LogP) is -0.457. The van der Waals surface area contributed by atoms with Crippen molar-refractivity contribution in [3.63, 3.8) is 0 Å². The zero-order valence-corrected chi connectivity index (χ0v) is 16.0. The molecule has 0 bridgehead atoms. The van der Waals surface area contributed by atoms with Gasteiger partial charge in [0.05, 0.1) is 6.61 Å². The number of anilines is 1. The molecule has 0 radical (unpaired) electrons. The fourth-order valence-corrected chi connectivity index (χ4v) is 3.43. The molecule has 11 nitrogen and oxygen atoms in total. The van der Waals surface area contributed by atoms with E-state index in [1.165, 1.54) is 11.8 Å². The van der Waals surface area contributed by atoms with Gasteiger partial charge in [0.2, 0.25) is 5.91 Å². The SMILES string of the molecule is CC(C)SCC(Nc1nc(=O)oc2ocnc12)C(=O)NC1C(=O)COC1CO. The highest BCUT2D eigenvalue weighted by Gasteiger charge is 2.38. The van der Waals surface area contributed by atoms with E-state index in [0.717, 1.165) is 6.39 Å². The fraction of sp³-hybridized carbons (Fsp3) is 0.562. The summed E-state index contributed by atoms with van der Waals surface area (Å²) in [6.07, 6.45) is 0.303. The van der Waals surface area contributed by atoms with Gasteiger partial charge in [-0.25, -0.2) is 9.78 Å². The summed E-state index contributed by atoms with van der Waals surface area (Å²) in [4.78, 5) is 44.1. The fourth-order valence-electron chi connectivity index (χ4n) is 2.62. The Morgan fingerprint density at radius 1 is 1.43 bits per heavy atom. The third kappa shape index (κ3) is 4.51. The lowest BCUT2D eigenvalue weighted by Gasteiger charge is -2.23. The summed E-state index contributed by atoms with van der Waals surface area (Å²) in [5.74, 6) is -1.46. The number of thioether (sulfide) groups is 1. The molecule has 3 unspecified atom stereocenters. The molecule has 3 rings (SSSR count). The Labute approximate surface area is 163 Å². The number of aliphatic hydroxyl groups is 1. The van der Waals surface area contributed by atoms with Gasteiger partial charge in [0.1, 0.15) is 24.8 Å². The third-order valence-corrected chi connectivity index (χ3v) is 5.19. The lowest BCUT2D eigenvalue weighted by atomic mass is 10.1. The van der Waals surface area contributed by atoms with Crippen LogP contribution in [0.3, 0.4) is 0 Å². The van der Waals surface area contributed by atoms with Gasteiger partial charge >= 0.3 is 11.5 Å². The molecule has 3 atom stereocenters. The smallest absolute Gasteiger partial charge is 0.412 e. The van der Waals surface area contributed by atoms with Crippen molar-refractivity contribution in [1.82, 2.24) is 15.3 Å². The zero-order chi connectivity index (χ0) is 20.3. The number of ketones is 1. The predicted molar refractivity (Wildman–Crippen MR) is 99.1 cm³/mol. The van der Waals surface area contributed by atoms with Crippen LogP contribution in [0.1, 0.15) is 13.8 Å². The molecule has 12 heteroatoms. The Morgan fingerprint density at radius 2 is 2.21 bits per heavy atom. The zero-order valence-electron chi connectivity index (χ0n) is 15.2. The maximum atomic E-state index is 12.8. The van der Waals surface area contributed by atoms with E-state index in [1.807, 2.05) is 13.8 Å². The molecule has 0 saturated carbocycles. The second-order valence-electron chi connectivity index (χ2n) is 6.38. The number of ether oxygens (including phenoxy) is 1. The van der Waals surface area contributed by atoms with Gasteiger partial charge in [-0.2, -0.15) is 16.7 Å². The average Bonchev–Trinajstić information content (AvgIpc) is 3.25. The molecule has 1 aliphatic heterocycles. The molecule has 2 aromatic rings. The second kappa shape index (κ2) is 8.71. The van der Waals surface area contributed by atoms with E-state index in [1.54, 1.807) is 0 Å². The summed E-state index contributed by atoms with van der Waals surface area (Å²) < 4.78 is 14.9. The van der Waals surface area contributed by atoms with Gasteiger partial charge in [-0.15, -0.1) is 0 Å². The maximum absolute atomic E-state index is 12.8. The quantitative estimate of drug-likeness (QED) is 0.515. The van der Waals surface area contributed by atoms with Crippen LogP contribution in [0.15, 0.2) is 20.0 Å². The van der Waals surface area contributed by atoms with Gasteiger partial charge in [-0.05, 0) is 5.25 Å². The Balaban J connectivity index is 1.81. The number of carbonyl (C=O) groups is 2. The molecule has 1 fully saturated rings. The van der Waals surface area contributed by atoms with Crippen molar-refractivity contribution < 1.29 is 28.3 Å². The largest absolute Gasteiger partial charge is 0.443 e. The summed E-state index contributed by atoms with van der Waals surface area (Å²) in [7, 11) is 0. The molecular weight excluding hydrogens is 392 g/mol. The molecule has 1 saturated heterocycles. The van der Waals surface area contributed by atoms with Crippen LogP contribution < -0.4 is 16.4 Å². The van der Waals surface area contributed by atoms with Crippen molar-refractivity contribution in [1.29, 1.82) is 0 Å². The number of oxazole rings is 1. The number of nitrogens with zero attached hydrogens (tertiary/aromatic N) is 2. The van der Waals surface area contributed by atoms with E-state index in [9.17, 15) is 19.5 Å². The van der Waals surface area contributed by atoms with Gasteiger partial charge < -0.3 is 29.3 Å². The molecule has 0 aliphatic carbocycles. The highest BCUT2D eigenvalue weighted by molar-refractivity contribution is 7.99. The Bertz CT molecular complexity index is 912. The lowest BCUT2D eigenvalue weighted by Crippen LogP contribution is -2.52. The van der Waals surface area contributed by atoms with Gasteiger partial charge in [-0.1, -0.05) is 13.8 Å². The number of aliphatic hydroxyl groups excluding tert-OH is 1. The number of aromatic nitrogens is 2. The summed E-state index contributed by atoms with van der Waals surface area (Å²) in [5.41, 5.74) is 0.167. The highest BCUT2D eigenvalue weighted by atomic mass is 32.2. The minimum atomic E-state index is -0.938. The van der Waals surface area contributed by atoms with E-state index in [4.69, 9.17) is 13.6 Å². The molecule has 152 valence electrons. The molecular formula is C16H20N4O7S. The highest BCUT2D eigenvalue weighted by Crippen LogP contribution is 2.20. The number of rotatable bonds is 8. The third-order valence-electron chi connectivity index (χ3n) is 4.00. The molecule has 1 amide bonds. The van der Waals surface area contributed by atoms with Gasteiger partial charge in [-0.3, -0.25) is 9.59 Å². The Morgan fingerprint density at radius 3 is 2.93 bits per heavy atom. The molecule has 28 heavy (non-hydrogen) atoms. The number of hydrogen-bond acceptors (Lipinski definition) is 11. The van der Waals surface area contributed by atoms with Crippen LogP contribution in [0.5, 0.6) is 0 Å². The van der Waals surface area contributed by atoms with Crippen molar-refractivity contribution in [2.75, 3.05) is 24.3 Å². The first-order valence-electron chi connectivity index (χ1n) is 8.57. The lowest BCUT2D eigenvalue weighted by molar-refractivity contribution is -0.126. The molecule has 0 aromatic carbocycles. The maximum Gasteiger partial charge on any atom is 0.443 e. The first-order valence-corrected chi connectivity index (χ1v) is 9.62. The molecule has 2 aromatic heterocycles. The van der Waals surface area contributed by atoms with Crippen LogP contribution in [-0.2, 0) is 14.3 Å². The minimum Gasteiger partial charge on any atom is -0.412 e. The first kappa shape index (κ1) is 20.3. The van der Waals surface area contributed by atoms with Crippen LogP contribution >= 0.6 is 11.8 Å². The Kier molecular flexibility index (Phi) is 6.31. The van der Waals surface area contributed by atoms with E-state index >= 15 is 0 Å². The molecule has 0 spiro atoms. The van der Waals surface area contributed by atoms with E-state index in [-0.39, 0.29) is 34.8 Å². The van der Waals surface area contributed by atoms with Gasteiger partial charge in [0, 0.05) is 5.75 Å². The molecule has 1 aliphatic rings. The van der Waals surface area contributed by atoms with Crippen LogP contribution in [-0.4, -0.2) is 69.2 Å². The van der Waals surface area contributed by atoms with E-state index in [2.05, 4.69) is 20.6 Å². The van der Waals surface area contributed by atoms with Crippen molar-refractivity contribution >= 4 is 40.6 Å². The molecule has 3 heterocycles. The summed E-state index contributed by atoms with van der Waals surface area (Å²) in [6, 6.07) is -1.78. The minimum absolute atomic E-state index is 0.0391. The van der Waals surface area contributed by atoms with Gasteiger partial charge in [0.25, 0.3) is 0 Å². The first-order chi connectivity index (χ1) is 13.4. The van der Waals surface area contributed by atoms with Gasteiger partial charge in [0.15, 0.2) is 23.5 Å². The number of carbonyl (C=O) groups excluding carboxylic acids is 2. The monoisotopic (exact) mass is 412 g/mol. The van der Waals surface area contributed by atoms with Crippen molar-refractivity contribution in [3.05, 3.63) is 16.9 Å².